The molecule has 0 spiro atoms. The zero-order valence-corrected chi connectivity index (χ0v) is 14.2. The number of aromatic nitrogens is 1. The summed E-state index contributed by atoms with van der Waals surface area (Å²) in [6.07, 6.45) is 4.25. The van der Waals surface area contributed by atoms with Crippen LogP contribution in [0.15, 0.2) is 36.5 Å². The fourth-order valence-electron chi connectivity index (χ4n) is 4.12. The number of nitrogens with one attached hydrogen (secondary N) is 1. The third-order valence-corrected chi connectivity index (χ3v) is 6.60. The molecule has 2 aromatic heterocycles. The molecule has 4 nitrogen and oxygen atoms in total. The largest absolute Gasteiger partial charge is 0.346 e. The van der Waals surface area contributed by atoms with Gasteiger partial charge in [0, 0.05) is 39.0 Å². The first kappa shape index (κ1) is 14.4. The summed E-state index contributed by atoms with van der Waals surface area (Å²) in [5, 5.41) is 5.58. The third-order valence-electron chi connectivity index (χ3n) is 5.47. The topological polar surface area (TPSA) is 45.2 Å². The number of nitrogens with zero attached hydrogens (tertiary/aromatic N) is 2. The number of thiophene rings is 1. The Labute approximate surface area is 144 Å². The highest BCUT2D eigenvalue weighted by atomic mass is 32.1. The smallest absolute Gasteiger partial charge is 0.270 e. The molecule has 1 aromatic carbocycles. The van der Waals surface area contributed by atoms with Crippen LogP contribution >= 0.6 is 11.3 Å². The molecule has 0 radical (unpaired) electrons. The van der Waals surface area contributed by atoms with Crippen molar-refractivity contribution in [2.45, 2.75) is 18.9 Å². The van der Waals surface area contributed by atoms with Crippen LogP contribution in [0.1, 0.15) is 23.3 Å². The van der Waals surface area contributed by atoms with Crippen LogP contribution in [-0.2, 0) is 0 Å². The van der Waals surface area contributed by atoms with Crippen LogP contribution in [0.2, 0.25) is 0 Å². The molecule has 3 aliphatic heterocycles. The normalized spacial score (nSPS) is 26.1. The number of rotatable bonds is 2. The first-order valence-corrected chi connectivity index (χ1v) is 9.40. The van der Waals surface area contributed by atoms with E-state index in [1.165, 1.54) is 36.0 Å². The number of benzene rings is 1. The second-order valence-corrected chi connectivity index (χ2v) is 7.97. The molecule has 1 unspecified atom stereocenters. The molecule has 3 fully saturated rings. The molecule has 1 amide bonds. The molecule has 0 aliphatic carbocycles. The Morgan fingerprint density at radius 2 is 2.00 bits per heavy atom. The van der Waals surface area contributed by atoms with Crippen LogP contribution in [0.3, 0.4) is 0 Å². The molecule has 3 saturated heterocycles. The van der Waals surface area contributed by atoms with Crippen molar-refractivity contribution in [2.24, 2.45) is 5.92 Å². The molecule has 1 atom stereocenters. The molecule has 2 bridgehead atoms. The first-order valence-electron chi connectivity index (χ1n) is 8.58. The Kier molecular flexibility index (Phi) is 3.31. The number of carbonyl (C=O) groups is 1. The molecular weight excluding hydrogens is 318 g/mol. The minimum Gasteiger partial charge on any atom is -0.346 e. The van der Waals surface area contributed by atoms with Gasteiger partial charge in [-0.05, 0) is 44.0 Å². The fraction of sp³-hybridized carbons (Fsp3) is 0.368. The Bertz CT molecular complexity index is 927. The van der Waals surface area contributed by atoms with E-state index in [9.17, 15) is 4.79 Å². The molecule has 3 aliphatic rings. The van der Waals surface area contributed by atoms with Gasteiger partial charge in [-0.15, -0.1) is 11.3 Å². The summed E-state index contributed by atoms with van der Waals surface area (Å²) >= 11 is 1.72. The van der Waals surface area contributed by atoms with Crippen LogP contribution in [0.25, 0.3) is 20.2 Å². The molecule has 122 valence electrons. The van der Waals surface area contributed by atoms with E-state index in [2.05, 4.69) is 27.3 Å². The Balaban J connectivity index is 1.43. The highest BCUT2D eigenvalue weighted by Crippen LogP contribution is 2.33. The van der Waals surface area contributed by atoms with Crippen molar-refractivity contribution in [2.75, 3.05) is 19.6 Å². The Morgan fingerprint density at radius 1 is 1.17 bits per heavy atom. The lowest BCUT2D eigenvalue weighted by Crippen LogP contribution is -2.57. The summed E-state index contributed by atoms with van der Waals surface area (Å²) in [5.41, 5.74) is 0.533. The van der Waals surface area contributed by atoms with Gasteiger partial charge in [0.1, 0.15) is 5.69 Å². The van der Waals surface area contributed by atoms with Gasteiger partial charge in [-0.1, -0.05) is 18.2 Å². The molecular formula is C19H19N3OS. The lowest BCUT2D eigenvalue weighted by molar-refractivity contribution is 0.0618. The van der Waals surface area contributed by atoms with Crippen molar-refractivity contribution in [1.82, 2.24) is 15.2 Å². The van der Waals surface area contributed by atoms with Gasteiger partial charge in [0.2, 0.25) is 0 Å². The lowest BCUT2D eigenvalue weighted by atomic mass is 9.84. The maximum absolute atomic E-state index is 12.7. The molecule has 3 aromatic rings. The zero-order valence-electron chi connectivity index (χ0n) is 13.4. The van der Waals surface area contributed by atoms with Crippen molar-refractivity contribution < 1.29 is 4.79 Å². The van der Waals surface area contributed by atoms with E-state index in [1.54, 1.807) is 11.3 Å². The number of fused-ring (bicyclic) bond motifs is 6. The first-order chi connectivity index (χ1) is 11.8. The predicted octanol–water partition coefficient (Wildman–Crippen LogP) is 3.27. The van der Waals surface area contributed by atoms with Gasteiger partial charge < -0.3 is 10.2 Å². The average Bonchev–Trinajstić information content (AvgIpc) is 3.00. The number of hydrogen-bond donors (Lipinski definition) is 1. The van der Waals surface area contributed by atoms with Gasteiger partial charge >= 0.3 is 0 Å². The van der Waals surface area contributed by atoms with E-state index in [0.29, 0.717) is 11.6 Å². The van der Waals surface area contributed by atoms with Gasteiger partial charge in [0.25, 0.3) is 5.91 Å². The molecule has 6 rings (SSSR count). The second-order valence-electron chi connectivity index (χ2n) is 6.88. The van der Waals surface area contributed by atoms with E-state index in [4.69, 9.17) is 0 Å². The van der Waals surface area contributed by atoms with Crippen molar-refractivity contribution in [1.29, 1.82) is 0 Å². The van der Waals surface area contributed by atoms with E-state index in [1.807, 2.05) is 24.4 Å². The average molecular weight is 337 g/mol. The Morgan fingerprint density at radius 3 is 2.79 bits per heavy atom. The van der Waals surface area contributed by atoms with Crippen LogP contribution in [-0.4, -0.2) is 41.5 Å². The quantitative estimate of drug-likeness (QED) is 0.780. The SMILES string of the molecule is O=C(NC1CN2CCC1CC2)c1cc2sc3ccccc3c2cn1. The number of carbonyl (C=O) groups excluding carboxylic acids is 1. The third kappa shape index (κ3) is 2.31. The van der Waals surface area contributed by atoms with Crippen LogP contribution in [0, 0.1) is 5.92 Å². The van der Waals surface area contributed by atoms with E-state index < -0.39 is 0 Å². The highest BCUT2D eigenvalue weighted by molar-refractivity contribution is 7.25. The van der Waals surface area contributed by atoms with Crippen LogP contribution < -0.4 is 5.32 Å². The van der Waals surface area contributed by atoms with Gasteiger partial charge in [-0.25, -0.2) is 0 Å². The summed E-state index contributed by atoms with van der Waals surface area (Å²) in [4.78, 5) is 19.6. The lowest BCUT2D eigenvalue weighted by Gasteiger charge is -2.44. The van der Waals surface area contributed by atoms with Crippen molar-refractivity contribution >= 4 is 37.4 Å². The Hall–Kier alpha value is -1.98. The maximum atomic E-state index is 12.7. The fourth-order valence-corrected chi connectivity index (χ4v) is 5.23. The molecule has 1 N–H and O–H groups in total. The highest BCUT2D eigenvalue weighted by Gasteiger charge is 2.35. The number of amides is 1. The van der Waals surface area contributed by atoms with Crippen LogP contribution in [0.4, 0.5) is 0 Å². The maximum Gasteiger partial charge on any atom is 0.270 e. The minimum absolute atomic E-state index is 0.0342. The summed E-state index contributed by atoms with van der Waals surface area (Å²) in [6.45, 7) is 3.35. The van der Waals surface area contributed by atoms with Gasteiger partial charge in [-0.3, -0.25) is 9.78 Å². The standard InChI is InChI=1S/C19H19N3OS/c23-19(21-16-11-22-7-5-12(16)6-8-22)15-9-18-14(10-20-15)13-3-1-2-4-17(13)24-18/h1-4,9-10,12,16H,5-8,11H2,(H,21,23). The second kappa shape index (κ2) is 5.53. The number of hydrogen-bond acceptors (Lipinski definition) is 4. The summed E-state index contributed by atoms with van der Waals surface area (Å²) in [7, 11) is 0. The van der Waals surface area contributed by atoms with Gasteiger partial charge in [-0.2, -0.15) is 0 Å². The van der Waals surface area contributed by atoms with Crippen molar-refractivity contribution in [3.05, 3.63) is 42.2 Å². The summed E-state index contributed by atoms with van der Waals surface area (Å²) in [5.74, 6) is 0.597. The van der Waals surface area contributed by atoms with E-state index >= 15 is 0 Å². The van der Waals surface area contributed by atoms with Crippen LogP contribution in [0.5, 0.6) is 0 Å². The van der Waals surface area contributed by atoms with Gasteiger partial charge in [0.05, 0.1) is 0 Å². The van der Waals surface area contributed by atoms with E-state index in [0.717, 1.165) is 16.6 Å². The molecule has 0 saturated carbocycles. The monoisotopic (exact) mass is 337 g/mol. The number of pyridine rings is 1. The summed E-state index contributed by atoms with van der Waals surface area (Å²) < 4.78 is 2.37. The zero-order chi connectivity index (χ0) is 16.1. The summed E-state index contributed by atoms with van der Waals surface area (Å²) in [6, 6.07) is 10.5. The molecule has 5 heterocycles. The minimum atomic E-state index is -0.0342. The van der Waals surface area contributed by atoms with Crippen molar-refractivity contribution in [3.63, 3.8) is 0 Å². The van der Waals surface area contributed by atoms with E-state index in [-0.39, 0.29) is 11.9 Å². The van der Waals surface area contributed by atoms with Gasteiger partial charge in [0.15, 0.2) is 0 Å². The molecule has 24 heavy (non-hydrogen) atoms. The number of piperidine rings is 3. The van der Waals surface area contributed by atoms with Crippen molar-refractivity contribution in [3.8, 4) is 0 Å². The molecule has 5 heteroatoms. The predicted molar refractivity (Wildman–Crippen MR) is 97.5 cm³/mol.